The number of nitrogens with one attached hydrogen (secondary N) is 1. The topological polar surface area (TPSA) is 28.7 Å². The number of benzene rings is 1. The summed E-state index contributed by atoms with van der Waals surface area (Å²) in [5, 5.41) is 8.04. The van der Waals surface area contributed by atoms with Crippen LogP contribution in [0.3, 0.4) is 0 Å². The van der Waals surface area contributed by atoms with E-state index in [-0.39, 0.29) is 0 Å². The van der Waals surface area contributed by atoms with Gasteiger partial charge in [0.2, 0.25) is 0 Å². The van der Waals surface area contributed by atoms with Crippen LogP contribution >= 0.6 is 11.6 Å². The minimum Gasteiger partial charge on any atom is -0.284 e. The van der Waals surface area contributed by atoms with Crippen molar-refractivity contribution in [3.8, 4) is 11.1 Å². The fraction of sp³-hybridized carbons (Fsp3) is 0.133. The second-order valence-electron chi connectivity index (χ2n) is 4.27. The second kappa shape index (κ2) is 4.83. The van der Waals surface area contributed by atoms with E-state index in [0.717, 1.165) is 40.3 Å². The Morgan fingerprint density at radius 2 is 2.00 bits per heavy atom. The van der Waals surface area contributed by atoms with Gasteiger partial charge in [-0.15, -0.1) is 0 Å². The van der Waals surface area contributed by atoms with E-state index in [1.807, 2.05) is 30.5 Å². The van der Waals surface area contributed by atoms with Crippen molar-refractivity contribution in [2.75, 3.05) is 0 Å². The first kappa shape index (κ1) is 11.3. The molecular formula is C15H13ClN2. The van der Waals surface area contributed by atoms with Crippen LogP contribution in [0.15, 0.2) is 48.7 Å². The highest BCUT2D eigenvalue weighted by atomic mass is 35.5. The van der Waals surface area contributed by atoms with Gasteiger partial charge in [-0.05, 0) is 24.5 Å². The number of aromatic nitrogens is 2. The van der Waals surface area contributed by atoms with Gasteiger partial charge in [-0.2, -0.15) is 5.10 Å². The van der Waals surface area contributed by atoms with Crippen LogP contribution in [0.1, 0.15) is 18.5 Å². The lowest BCUT2D eigenvalue weighted by Crippen LogP contribution is -1.90. The Hall–Kier alpha value is -1.80. The van der Waals surface area contributed by atoms with Gasteiger partial charge in [0.1, 0.15) is 0 Å². The molecule has 0 bridgehead atoms. The monoisotopic (exact) mass is 256 g/mol. The first-order valence-electron chi connectivity index (χ1n) is 6.02. The third kappa shape index (κ3) is 2.00. The van der Waals surface area contributed by atoms with Crippen molar-refractivity contribution in [2.24, 2.45) is 0 Å². The molecule has 3 rings (SSSR count). The summed E-state index contributed by atoms with van der Waals surface area (Å²) >= 11 is 6.25. The molecule has 1 heterocycles. The van der Waals surface area contributed by atoms with Gasteiger partial charge < -0.3 is 0 Å². The van der Waals surface area contributed by atoms with E-state index >= 15 is 0 Å². The third-order valence-electron chi connectivity index (χ3n) is 3.07. The maximum absolute atomic E-state index is 6.25. The Labute approximate surface area is 111 Å². The highest BCUT2D eigenvalue weighted by Crippen LogP contribution is 2.33. The minimum absolute atomic E-state index is 0.750. The largest absolute Gasteiger partial charge is 0.284 e. The molecule has 0 aliphatic heterocycles. The SMILES string of the molecule is Clc1ccccc1-c1c[nH]nc1C1=CCCC=C1. The molecule has 1 N–H and O–H groups in total. The highest BCUT2D eigenvalue weighted by molar-refractivity contribution is 6.33. The van der Waals surface area contributed by atoms with E-state index in [1.165, 1.54) is 0 Å². The molecule has 2 aromatic rings. The molecule has 0 amide bonds. The molecule has 0 spiro atoms. The van der Waals surface area contributed by atoms with Crippen LogP contribution < -0.4 is 0 Å². The number of halogens is 1. The summed E-state index contributed by atoms with van der Waals surface area (Å²) in [4.78, 5) is 0. The molecule has 1 aromatic heterocycles. The zero-order valence-electron chi connectivity index (χ0n) is 9.86. The fourth-order valence-corrected chi connectivity index (χ4v) is 2.42. The molecule has 1 aliphatic rings. The number of hydrogen-bond acceptors (Lipinski definition) is 1. The van der Waals surface area contributed by atoms with Crippen molar-refractivity contribution in [3.63, 3.8) is 0 Å². The quantitative estimate of drug-likeness (QED) is 0.844. The van der Waals surface area contributed by atoms with Crippen LogP contribution in [0.5, 0.6) is 0 Å². The highest BCUT2D eigenvalue weighted by Gasteiger charge is 2.13. The number of rotatable bonds is 2. The van der Waals surface area contributed by atoms with Gasteiger partial charge in [0, 0.05) is 22.3 Å². The maximum atomic E-state index is 6.25. The summed E-state index contributed by atoms with van der Waals surface area (Å²) in [6.07, 6.45) is 10.6. The van der Waals surface area contributed by atoms with Gasteiger partial charge in [-0.1, -0.05) is 48.0 Å². The van der Waals surface area contributed by atoms with Crippen LogP contribution in [0.4, 0.5) is 0 Å². The summed E-state index contributed by atoms with van der Waals surface area (Å²) < 4.78 is 0. The van der Waals surface area contributed by atoms with E-state index in [2.05, 4.69) is 28.4 Å². The first-order chi connectivity index (χ1) is 8.86. The van der Waals surface area contributed by atoms with Gasteiger partial charge in [0.05, 0.1) is 5.69 Å². The van der Waals surface area contributed by atoms with Crippen LogP contribution in [-0.2, 0) is 0 Å². The van der Waals surface area contributed by atoms with Crippen molar-refractivity contribution in [1.29, 1.82) is 0 Å². The van der Waals surface area contributed by atoms with Crippen LogP contribution in [-0.4, -0.2) is 10.2 Å². The van der Waals surface area contributed by atoms with Crippen LogP contribution in [0, 0.1) is 0 Å². The molecular weight excluding hydrogens is 244 g/mol. The molecule has 0 atom stereocenters. The van der Waals surface area contributed by atoms with Crippen molar-refractivity contribution in [2.45, 2.75) is 12.8 Å². The number of nitrogens with zero attached hydrogens (tertiary/aromatic N) is 1. The molecule has 3 heteroatoms. The lowest BCUT2D eigenvalue weighted by atomic mass is 9.98. The van der Waals surface area contributed by atoms with E-state index < -0.39 is 0 Å². The van der Waals surface area contributed by atoms with Gasteiger partial charge in [-0.25, -0.2) is 0 Å². The average molecular weight is 257 g/mol. The summed E-state index contributed by atoms with van der Waals surface area (Å²) in [6, 6.07) is 7.84. The summed E-state index contributed by atoms with van der Waals surface area (Å²) in [7, 11) is 0. The Kier molecular flexibility index (Phi) is 3.03. The van der Waals surface area contributed by atoms with E-state index in [9.17, 15) is 0 Å². The molecule has 90 valence electrons. The maximum Gasteiger partial charge on any atom is 0.0996 e. The minimum atomic E-state index is 0.750. The van der Waals surface area contributed by atoms with E-state index in [4.69, 9.17) is 11.6 Å². The van der Waals surface area contributed by atoms with Crippen molar-refractivity contribution >= 4 is 17.2 Å². The van der Waals surface area contributed by atoms with Crippen molar-refractivity contribution in [3.05, 3.63) is 59.4 Å². The molecule has 0 saturated carbocycles. The number of H-pyrrole nitrogens is 1. The zero-order valence-corrected chi connectivity index (χ0v) is 10.6. The Morgan fingerprint density at radius 1 is 1.11 bits per heavy atom. The summed E-state index contributed by atoms with van der Waals surface area (Å²) in [6.45, 7) is 0. The summed E-state index contributed by atoms with van der Waals surface area (Å²) in [5.41, 5.74) is 4.21. The molecule has 1 aliphatic carbocycles. The summed E-state index contributed by atoms with van der Waals surface area (Å²) in [5.74, 6) is 0. The molecule has 2 nitrogen and oxygen atoms in total. The van der Waals surface area contributed by atoms with Crippen molar-refractivity contribution < 1.29 is 0 Å². The normalized spacial score (nSPS) is 14.6. The van der Waals surface area contributed by atoms with Crippen LogP contribution in [0.2, 0.25) is 5.02 Å². The molecule has 0 saturated heterocycles. The van der Waals surface area contributed by atoms with Gasteiger partial charge in [0.15, 0.2) is 0 Å². The van der Waals surface area contributed by atoms with Gasteiger partial charge in [-0.3, -0.25) is 5.10 Å². The predicted molar refractivity (Wildman–Crippen MR) is 75.4 cm³/mol. The Morgan fingerprint density at radius 3 is 2.78 bits per heavy atom. The Bertz CT molecular complexity index is 623. The third-order valence-corrected chi connectivity index (χ3v) is 3.40. The average Bonchev–Trinajstić information content (AvgIpc) is 2.89. The van der Waals surface area contributed by atoms with E-state index in [0.29, 0.717) is 0 Å². The standard InChI is InChI=1S/C15H13ClN2/c16-14-9-5-4-8-12(14)13-10-17-18-15(13)11-6-2-1-3-7-11/h2,4-10H,1,3H2,(H,17,18). The van der Waals surface area contributed by atoms with E-state index in [1.54, 1.807) is 0 Å². The molecule has 1 aromatic carbocycles. The second-order valence-corrected chi connectivity index (χ2v) is 4.67. The predicted octanol–water partition coefficient (Wildman–Crippen LogP) is 4.46. The smallest absolute Gasteiger partial charge is 0.0996 e. The number of aromatic amines is 1. The molecule has 18 heavy (non-hydrogen) atoms. The molecule has 0 fully saturated rings. The number of hydrogen-bond donors (Lipinski definition) is 1. The molecule has 0 unspecified atom stereocenters. The lowest BCUT2D eigenvalue weighted by molar-refractivity contribution is 1.03. The Balaban J connectivity index is 2.10. The molecule has 0 radical (unpaired) electrons. The first-order valence-corrected chi connectivity index (χ1v) is 6.40. The zero-order chi connectivity index (χ0) is 12.4. The lowest BCUT2D eigenvalue weighted by Gasteiger charge is -2.08. The van der Waals surface area contributed by atoms with Gasteiger partial charge in [0.25, 0.3) is 0 Å². The van der Waals surface area contributed by atoms with Gasteiger partial charge >= 0.3 is 0 Å². The number of allylic oxidation sites excluding steroid dienone is 4. The fourth-order valence-electron chi connectivity index (χ4n) is 2.18. The van der Waals surface area contributed by atoms with Crippen LogP contribution in [0.25, 0.3) is 16.7 Å². The van der Waals surface area contributed by atoms with Crippen molar-refractivity contribution in [1.82, 2.24) is 10.2 Å².